The lowest BCUT2D eigenvalue weighted by Gasteiger charge is -2.44. The van der Waals surface area contributed by atoms with Crippen LogP contribution in [0.1, 0.15) is 76.8 Å². The summed E-state index contributed by atoms with van der Waals surface area (Å²) in [7, 11) is 5.09. The van der Waals surface area contributed by atoms with Crippen molar-refractivity contribution in [3.05, 3.63) is 58.2 Å². The lowest BCUT2D eigenvalue weighted by molar-refractivity contribution is -0.155. The van der Waals surface area contributed by atoms with E-state index in [1.54, 1.807) is 37.2 Å². The number of nitrogens with zero attached hydrogens (tertiary/aromatic N) is 7. The van der Waals surface area contributed by atoms with Crippen molar-refractivity contribution in [2.24, 2.45) is 17.3 Å². The minimum atomic E-state index is -1.07. The Labute approximate surface area is 396 Å². The van der Waals surface area contributed by atoms with E-state index < -0.39 is 41.3 Å². The van der Waals surface area contributed by atoms with Crippen molar-refractivity contribution in [3.8, 4) is 22.5 Å². The van der Waals surface area contributed by atoms with Gasteiger partial charge >= 0.3 is 12.0 Å². The normalized spacial score (nSPS) is 21.9. The van der Waals surface area contributed by atoms with Crippen LogP contribution >= 0.6 is 11.3 Å². The number of likely N-dealkylation sites (tertiary alicyclic amines) is 1. The van der Waals surface area contributed by atoms with Crippen molar-refractivity contribution in [1.29, 1.82) is 0 Å². The van der Waals surface area contributed by atoms with Crippen LogP contribution in [-0.2, 0) is 48.0 Å². The molecule has 0 radical (unpaired) electrons. The lowest BCUT2D eigenvalue weighted by atomic mass is 9.84. The molecule has 1 aromatic carbocycles. The molecule has 6 bridgehead atoms. The second kappa shape index (κ2) is 19.7. The summed E-state index contributed by atoms with van der Waals surface area (Å²) in [5.41, 5.74) is 9.29. The first-order valence-electron chi connectivity index (χ1n) is 23.6. The third kappa shape index (κ3) is 10.1. The molecule has 0 unspecified atom stereocenters. The molecule has 0 aliphatic carbocycles. The first kappa shape index (κ1) is 48.0. The van der Waals surface area contributed by atoms with E-state index in [1.165, 1.54) is 21.2 Å². The number of urea groups is 1. The predicted molar refractivity (Wildman–Crippen MR) is 256 cm³/mol. The van der Waals surface area contributed by atoms with Crippen LogP contribution in [0.25, 0.3) is 33.4 Å². The summed E-state index contributed by atoms with van der Waals surface area (Å²) in [5.74, 6) is -1.44. The number of hydrogen-bond donors (Lipinski definition) is 3. The summed E-state index contributed by atoms with van der Waals surface area (Å²) in [4.78, 5) is 84.1. The number of cyclic esters (lactones) is 1. The Morgan fingerprint density at radius 1 is 1.12 bits per heavy atom. The van der Waals surface area contributed by atoms with Crippen LogP contribution in [0.3, 0.4) is 0 Å². The van der Waals surface area contributed by atoms with Gasteiger partial charge in [0, 0.05) is 112 Å². The maximum Gasteiger partial charge on any atom is 0.324 e. The Hall–Kier alpha value is -5.43. The van der Waals surface area contributed by atoms with Gasteiger partial charge in [0.2, 0.25) is 11.8 Å². The fourth-order valence-corrected chi connectivity index (χ4v) is 10.8. The predicted octanol–water partition coefficient (Wildman–Crippen LogP) is 4.64. The summed E-state index contributed by atoms with van der Waals surface area (Å²) in [5, 5.41) is 11.2. The number of hydrogen-bond acceptors (Lipinski definition) is 12. The highest BCUT2D eigenvalue weighted by Gasteiger charge is 2.42. The molecule has 5 amide bonds. The lowest BCUT2D eigenvalue weighted by Crippen LogP contribution is -2.63. The van der Waals surface area contributed by atoms with E-state index in [9.17, 15) is 24.0 Å². The number of benzene rings is 1. The number of pyridine rings is 1. The number of esters is 1. The highest BCUT2D eigenvalue weighted by molar-refractivity contribution is 7.10. The maximum atomic E-state index is 14.6. The highest BCUT2D eigenvalue weighted by Crippen LogP contribution is 2.42. The first-order valence-corrected chi connectivity index (χ1v) is 24.5. The highest BCUT2D eigenvalue weighted by atomic mass is 32.1. The Kier molecular flexibility index (Phi) is 14.1. The van der Waals surface area contributed by atoms with Gasteiger partial charge in [-0.15, -0.1) is 11.3 Å². The number of thiazole rings is 1. The van der Waals surface area contributed by atoms with Crippen LogP contribution in [0.15, 0.2) is 41.9 Å². The van der Waals surface area contributed by atoms with E-state index in [4.69, 9.17) is 19.4 Å². The van der Waals surface area contributed by atoms with E-state index in [-0.39, 0.29) is 48.9 Å². The van der Waals surface area contributed by atoms with E-state index in [0.717, 1.165) is 44.7 Å². The fraction of sp³-hybridized carbons (Fsp3) is 0.571. The number of carbonyl (C=O) groups excluding carboxylic acids is 5. The molecule has 360 valence electrons. The van der Waals surface area contributed by atoms with Gasteiger partial charge in [-0.3, -0.25) is 29.2 Å². The molecule has 0 saturated carbocycles. The van der Waals surface area contributed by atoms with Crippen molar-refractivity contribution in [2.45, 2.75) is 104 Å². The third-order valence-corrected chi connectivity index (χ3v) is 14.5. The number of hydrazine groups is 1. The zero-order chi connectivity index (χ0) is 47.9. The van der Waals surface area contributed by atoms with Gasteiger partial charge in [0.25, 0.3) is 5.91 Å². The molecule has 3 aromatic heterocycles. The standard InChI is InChI=1S/C49H66N10O7S/c1-10-58-39-16-15-31-19-33(39)34(43(58)32-13-11-17-50-41(32)29(4)65-9)21-49(5,6)27-66-47(63)35-14-12-18-59(54-35)46(62)36(20-40-52-38(31)26-67-40)53-44(60)42(28(2)3)56(8)48(64)57-24-30(25-57)23-55(7)45(61)37-22-51-37/h11,13,15-17,19,26,28-30,35-37,42,51,54H,10,12,14,18,20-25,27H2,1-9H3,(H,53,60)/t29-,35-,36-,37-,42-/m0/s1. The summed E-state index contributed by atoms with van der Waals surface area (Å²) >= 11 is 1.41. The number of likely N-dealkylation sites (N-methyl/N-ethyl adjacent to an activating group) is 2. The van der Waals surface area contributed by atoms with Crippen LogP contribution in [0.4, 0.5) is 4.79 Å². The smallest absolute Gasteiger partial charge is 0.324 e. The van der Waals surface area contributed by atoms with E-state index in [1.807, 2.05) is 32.2 Å². The Balaban J connectivity index is 1.10. The molecular weight excluding hydrogens is 873 g/mol. The van der Waals surface area contributed by atoms with Crippen molar-refractivity contribution in [1.82, 2.24) is 50.3 Å². The molecule has 5 atom stereocenters. The first-order chi connectivity index (χ1) is 32.0. The van der Waals surface area contributed by atoms with E-state index >= 15 is 0 Å². The molecule has 0 spiro atoms. The molecule has 4 aromatic rings. The monoisotopic (exact) mass is 938 g/mol. The average Bonchev–Trinajstić information content (AvgIpc) is 3.98. The summed E-state index contributed by atoms with van der Waals surface area (Å²) < 4.78 is 14.2. The number of aryl methyl sites for hydroxylation is 1. The zero-order valence-corrected chi connectivity index (χ0v) is 41.1. The summed E-state index contributed by atoms with van der Waals surface area (Å²) in [6.07, 6.45) is 3.21. The number of rotatable bonds is 11. The van der Waals surface area contributed by atoms with Crippen LogP contribution in [-0.4, -0.2) is 149 Å². The van der Waals surface area contributed by atoms with Crippen LogP contribution in [0.5, 0.6) is 0 Å². The minimum Gasteiger partial charge on any atom is -0.464 e. The zero-order valence-electron chi connectivity index (χ0n) is 40.3. The van der Waals surface area contributed by atoms with Gasteiger partial charge in [0.15, 0.2) is 0 Å². The SMILES string of the molecule is CCn1c(-c2cccnc2[C@H](C)OC)c2c3cc(ccc31)-c1csc(n1)C[C@H](NC(=O)[C@H](C(C)C)N(C)C(=O)N1CC(CN(C)C(=O)[C@@H]3CN3)C1)C(=O)N1CCC[C@H](N1)C(=O)OCC(C)(C)C2. The molecule has 7 heterocycles. The van der Waals surface area contributed by atoms with E-state index in [2.05, 4.69) is 65.7 Å². The molecule has 17 nitrogen and oxygen atoms in total. The number of amides is 5. The fourth-order valence-electron chi connectivity index (χ4n) is 9.91. The molecule has 8 rings (SSSR count). The molecule has 3 N–H and O–H groups in total. The van der Waals surface area contributed by atoms with Crippen molar-refractivity contribution in [3.63, 3.8) is 0 Å². The Morgan fingerprint density at radius 3 is 2.58 bits per heavy atom. The Bertz CT molecular complexity index is 2510. The number of carbonyl (C=O) groups is 5. The summed E-state index contributed by atoms with van der Waals surface area (Å²) in [6.45, 7) is 15.4. The molecule has 18 heteroatoms. The maximum absolute atomic E-state index is 14.6. The molecule has 3 fully saturated rings. The minimum absolute atomic E-state index is 0.0567. The van der Waals surface area contributed by atoms with Gasteiger partial charge in [0.05, 0.1) is 40.8 Å². The van der Waals surface area contributed by atoms with Crippen molar-refractivity contribution < 1.29 is 33.4 Å². The second-order valence-corrected chi connectivity index (χ2v) is 20.7. The van der Waals surface area contributed by atoms with Crippen molar-refractivity contribution in [2.75, 3.05) is 60.5 Å². The molecule has 4 aliphatic rings. The second-order valence-electron chi connectivity index (χ2n) is 19.8. The number of ether oxygens (including phenoxy) is 2. The van der Waals surface area contributed by atoms with E-state index in [0.29, 0.717) is 63.5 Å². The van der Waals surface area contributed by atoms with Crippen molar-refractivity contribution >= 4 is 52.0 Å². The van der Waals surface area contributed by atoms with Gasteiger partial charge in [-0.2, -0.15) is 0 Å². The topological polar surface area (TPSA) is 193 Å². The number of fused-ring (bicyclic) bond motifs is 6. The van der Waals surface area contributed by atoms with Gasteiger partial charge in [0.1, 0.15) is 18.1 Å². The van der Waals surface area contributed by atoms with Crippen LogP contribution in [0.2, 0.25) is 0 Å². The van der Waals surface area contributed by atoms with Gasteiger partial charge in [-0.25, -0.2) is 15.2 Å². The molecular formula is C49H66N10O7S. The van der Waals surface area contributed by atoms with Crippen LogP contribution < -0.4 is 16.1 Å². The Morgan fingerprint density at radius 2 is 1.88 bits per heavy atom. The van der Waals surface area contributed by atoms with Gasteiger partial charge in [-0.05, 0) is 68.9 Å². The number of methoxy groups -OCH3 is 1. The molecule has 4 aliphatic heterocycles. The summed E-state index contributed by atoms with van der Waals surface area (Å²) in [6, 6.07) is 7.27. The number of aromatic nitrogens is 3. The van der Waals surface area contributed by atoms with Crippen LogP contribution in [0, 0.1) is 17.3 Å². The molecule has 67 heavy (non-hydrogen) atoms. The third-order valence-electron chi connectivity index (χ3n) is 13.6. The number of nitrogens with one attached hydrogen (secondary N) is 3. The quantitative estimate of drug-likeness (QED) is 0.140. The average molecular weight is 939 g/mol. The van der Waals surface area contributed by atoms with Gasteiger partial charge < -0.3 is 39.4 Å². The largest absolute Gasteiger partial charge is 0.464 e. The van der Waals surface area contributed by atoms with Gasteiger partial charge in [-0.1, -0.05) is 33.8 Å². The molecule has 3 saturated heterocycles.